The second kappa shape index (κ2) is 10.4. The summed E-state index contributed by atoms with van der Waals surface area (Å²) >= 11 is 4.33. The Balaban J connectivity index is 1.27. The number of ether oxygens (including phenoxy) is 1. The summed E-state index contributed by atoms with van der Waals surface area (Å²) in [6.07, 6.45) is 0. The van der Waals surface area contributed by atoms with E-state index in [0.29, 0.717) is 0 Å². The van der Waals surface area contributed by atoms with E-state index in [-0.39, 0.29) is 0 Å². The molecule has 0 spiro atoms. The standard InChI is InChI=1S/C42H26ClIO2Si/c43-27-19-22-36-32(25-27)33-26-28(20-23-37(33)45-36)44-34-16-8-7-15-31(34)41-35(44)21-24-40-42(41)46-38-17-9-10-18-39(38)47(40,29-11-3-1-4-12-29)30-13-5-2-6-14-30/h1-26H. The molecule has 0 saturated carbocycles. The molecule has 5 heteroatoms. The average Bonchev–Trinajstić information content (AvgIpc) is 3.66. The molecular weight excluding hydrogens is 727 g/mol. The van der Waals surface area contributed by atoms with Crippen molar-refractivity contribution < 1.29 is 9.15 Å². The zero-order valence-corrected chi connectivity index (χ0v) is 29.0. The number of hydrogen-bond acceptors (Lipinski definition) is 2. The topological polar surface area (TPSA) is 22.4 Å². The van der Waals surface area contributed by atoms with E-state index < -0.39 is 27.9 Å². The van der Waals surface area contributed by atoms with Crippen LogP contribution in [0.25, 0.3) is 33.1 Å². The minimum atomic E-state index is -2.74. The normalized spacial score (nSPS) is 14.7. The third-order valence-electron chi connectivity index (χ3n) is 9.59. The maximum absolute atomic E-state index is 7.12. The van der Waals surface area contributed by atoms with E-state index in [4.69, 9.17) is 20.8 Å². The van der Waals surface area contributed by atoms with E-state index in [1.165, 1.54) is 42.6 Å². The summed E-state index contributed by atoms with van der Waals surface area (Å²) in [5, 5.41) is 8.22. The molecule has 10 rings (SSSR count). The summed E-state index contributed by atoms with van der Waals surface area (Å²) in [7, 11) is -2.74. The van der Waals surface area contributed by atoms with Crippen molar-refractivity contribution in [2.24, 2.45) is 0 Å². The van der Waals surface area contributed by atoms with Gasteiger partial charge in [0.2, 0.25) is 0 Å². The van der Waals surface area contributed by atoms with Crippen molar-refractivity contribution in [2.75, 3.05) is 0 Å². The number of hydrogen-bond donors (Lipinski definition) is 0. The van der Waals surface area contributed by atoms with Crippen molar-refractivity contribution >= 4 is 82.2 Å². The number of rotatable bonds is 3. The molecule has 0 amide bonds. The summed E-state index contributed by atoms with van der Waals surface area (Å²) in [5.74, 6) is 1.98. The number of halogens is 2. The Hall–Kier alpha value is -4.62. The quantitative estimate of drug-likeness (QED) is 0.133. The second-order valence-electron chi connectivity index (χ2n) is 12.0. The Morgan fingerprint density at radius 3 is 1.98 bits per heavy atom. The van der Waals surface area contributed by atoms with Crippen molar-refractivity contribution in [1.29, 1.82) is 0 Å². The first-order chi connectivity index (χ1) is 23.2. The second-order valence-corrected chi connectivity index (χ2v) is 21.4. The van der Waals surface area contributed by atoms with Crippen molar-refractivity contribution in [1.82, 2.24) is 0 Å². The first-order valence-corrected chi connectivity index (χ1v) is 21.3. The SMILES string of the molecule is Clc1ccc2oc3ccc(I4c5ccccc5-c5c4ccc4c5Oc5ccccc5[Si]4(c4ccccc4)c4ccccc4)cc3c2c1. The van der Waals surface area contributed by atoms with Gasteiger partial charge in [-0.25, -0.2) is 0 Å². The van der Waals surface area contributed by atoms with E-state index in [1.54, 1.807) is 0 Å². The van der Waals surface area contributed by atoms with Gasteiger partial charge in [-0.15, -0.1) is 0 Å². The summed E-state index contributed by atoms with van der Waals surface area (Å²) in [4.78, 5) is 0. The van der Waals surface area contributed by atoms with Gasteiger partial charge in [0, 0.05) is 0 Å². The van der Waals surface area contributed by atoms with Gasteiger partial charge in [0.05, 0.1) is 0 Å². The predicted octanol–water partition coefficient (Wildman–Crippen LogP) is 9.12. The third kappa shape index (κ3) is 3.89. The van der Waals surface area contributed by atoms with Gasteiger partial charge in [0.25, 0.3) is 0 Å². The van der Waals surface area contributed by atoms with E-state index >= 15 is 0 Å². The molecule has 3 heterocycles. The molecule has 7 aromatic carbocycles. The van der Waals surface area contributed by atoms with Crippen molar-refractivity contribution in [3.05, 3.63) is 173 Å². The number of furan rings is 1. The Kier molecular flexibility index (Phi) is 6.11. The fourth-order valence-electron chi connectivity index (χ4n) is 7.67. The van der Waals surface area contributed by atoms with Crippen LogP contribution in [0.5, 0.6) is 11.5 Å². The van der Waals surface area contributed by atoms with Crippen molar-refractivity contribution in [2.45, 2.75) is 0 Å². The fourth-order valence-corrected chi connectivity index (χ4v) is 19.1. The number of benzene rings is 7. The predicted molar refractivity (Wildman–Crippen MR) is 204 cm³/mol. The molecular formula is C42H26ClIO2Si. The molecule has 47 heavy (non-hydrogen) atoms. The van der Waals surface area contributed by atoms with Gasteiger partial charge in [-0.2, -0.15) is 0 Å². The van der Waals surface area contributed by atoms with Crippen LogP contribution in [0.4, 0.5) is 0 Å². The van der Waals surface area contributed by atoms with Crippen molar-refractivity contribution in [3.63, 3.8) is 0 Å². The third-order valence-corrected chi connectivity index (χ3v) is 20.7. The number of para-hydroxylation sites is 1. The van der Waals surface area contributed by atoms with Gasteiger partial charge in [0.15, 0.2) is 0 Å². The Morgan fingerprint density at radius 1 is 0.532 bits per heavy atom. The van der Waals surface area contributed by atoms with Crippen LogP contribution < -0.4 is 25.5 Å². The first kappa shape index (κ1) is 27.5. The molecule has 1 aromatic heterocycles. The molecule has 0 N–H and O–H groups in total. The van der Waals surface area contributed by atoms with Gasteiger partial charge >= 0.3 is 287 Å². The molecule has 0 saturated heterocycles. The average molecular weight is 753 g/mol. The Bertz CT molecular complexity index is 2490. The summed E-state index contributed by atoms with van der Waals surface area (Å²) in [6, 6.07) is 57.5. The van der Waals surface area contributed by atoms with Gasteiger partial charge in [-0.3, -0.25) is 0 Å². The van der Waals surface area contributed by atoms with Crippen LogP contribution in [-0.4, -0.2) is 8.07 Å². The van der Waals surface area contributed by atoms with Crippen LogP contribution in [0.1, 0.15) is 0 Å². The number of fused-ring (bicyclic) bond motifs is 9. The molecule has 2 aliphatic heterocycles. The van der Waals surface area contributed by atoms with Crippen LogP contribution in [-0.2, 0) is 0 Å². The van der Waals surface area contributed by atoms with Gasteiger partial charge in [-0.05, 0) is 0 Å². The van der Waals surface area contributed by atoms with Gasteiger partial charge in [0.1, 0.15) is 0 Å². The summed E-state index contributed by atoms with van der Waals surface area (Å²) in [5.41, 5.74) is 4.32. The zero-order chi connectivity index (χ0) is 31.1. The molecule has 8 aromatic rings. The van der Waals surface area contributed by atoms with E-state index in [2.05, 4.69) is 140 Å². The van der Waals surface area contributed by atoms with Crippen LogP contribution >= 0.6 is 31.4 Å². The van der Waals surface area contributed by atoms with E-state index in [9.17, 15) is 0 Å². The van der Waals surface area contributed by atoms with Crippen LogP contribution in [0.3, 0.4) is 0 Å². The molecule has 0 aliphatic carbocycles. The first-order valence-electron chi connectivity index (χ1n) is 15.7. The minimum absolute atomic E-state index is 0.717. The molecule has 0 bridgehead atoms. The maximum atomic E-state index is 7.12. The van der Waals surface area contributed by atoms with E-state index in [0.717, 1.165) is 38.5 Å². The summed E-state index contributed by atoms with van der Waals surface area (Å²) < 4.78 is 17.6. The molecule has 0 atom stereocenters. The molecule has 0 fully saturated rings. The van der Waals surface area contributed by atoms with Crippen molar-refractivity contribution in [3.8, 4) is 22.6 Å². The monoisotopic (exact) mass is 752 g/mol. The van der Waals surface area contributed by atoms with Crippen LogP contribution in [0.2, 0.25) is 5.02 Å². The van der Waals surface area contributed by atoms with Crippen LogP contribution in [0, 0.1) is 10.7 Å². The fraction of sp³-hybridized carbons (Fsp3) is 0. The zero-order valence-electron chi connectivity index (χ0n) is 25.1. The molecule has 0 unspecified atom stereocenters. The van der Waals surface area contributed by atoms with Gasteiger partial charge in [-0.1, -0.05) is 0 Å². The van der Waals surface area contributed by atoms with E-state index in [1.807, 2.05) is 18.2 Å². The molecule has 224 valence electrons. The Morgan fingerprint density at radius 2 is 1.19 bits per heavy atom. The molecule has 2 nitrogen and oxygen atoms in total. The summed E-state index contributed by atoms with van der Waals surface area (Å²) in [6.45, 7) is 0. The van der Waals surface area contributed by atoms with Gasteiger partial charge < -0.3 is 0 Å². The molecule has 0 radical (unpaired) electrons. The van der Waals surface area contributed by atoms with Crippen LogP contribution in [0.15, 0.2) is 162 Å². The molecule has 2 aliphatic rings. The Labute approximate surface area is 285 Å².